The van der Waals surface area contributed by atoms with E-state index in [0.29, 0.717) is 17.9 Å². The Morgan fingerprint density at radius 2 is 2.11 bits per heavy atom. The molecule has 2 heterocycles. The molecule has 19 heavy (non-hydrogen) atoms. The number of furan rings is 1. The molecule has 106 valence electrons. The molecule has 0 aliphatic carbocycles. The number of amides is 1. The minimum Gasteiger partial charge on any atom is -0.466 e. The highest BCUT2D eigenvalue weighted by Gasteiger charge is 2.22. The van der Waals surface area contributed by atoms with Gasteiger partial charge in [0.05, 0.1) is 5.56 Å². The molecule has 2 rings (SSSR count). The summed E-state index contributed by atoms with van der Waals surface area (Å²) in [5.74, 6) is 1.59. The Balaban J connectivity index is 2.02. The molecule has 1 fully saturated rings. The summed E-state index contributed by atoms with van der Waals surface area (Å²) in [6, 6.07) is 1.83. The van der Waals surface area contributed by atoms with Crippen molar-refractivity contribution in [2.24, 2.45) is 5.73 Å². The topological polar surface area (TPSA) is 62.7 Å². The predicted molar refractivity (Wildman–Crippen MR) is 74.2 cm³/mol. The normalized spacial score (nSPS) is 17.5. The summed E-state index contributed by atoms with van der Waals surface area (Å²) >= 11 is 0. The summed E-state index contributed by atoms with van der Waals surface area (Å²) < 4.78 is 5.44. The van der Waals surface area contributed by atoms with Crippen molar-refractivity contribution in [1.82, 2.24) is 9.80 Å². The van der Waals surface area contributed by atoms with Gasteiger partial charge in [-0.15, -0.1) is 0 Å². The predicted octanol–water partition coefficient (Wildman–Crippen LogP) is 1.00. The van der Waals surface area contributed by atoms with Crippen LogP contribution < -0.4 is 5.73 Å². The highest BCUT2D eigenvalue weighted by Crippen LogP contribution is 2.17. The van der Waals surface area contributed by atoms with E-state index in [1.807, 2.05) is 24.8 Å². The summed E-state index contributed by atoms with van der Waals surface area (Å²) in [5, 5.41) is 0. The summed E-state index contributed by atoms with van der Waals surface area (Å²) in [6.07, 6.45) is 1.00. The molecule has 0 bridgehead atoms. The number of carbonyl (C=O) groups is 1. The molecule has 1 aromatic heterocycles. The second kappa shape index (κ2) is 6.21. The molecule has 1 aliphatic rings. The molecule has 0 atom stereocenters. The average molecular weight is 265 g/mol. The second-order valence-electron chi connectivity index (χ2n) is 5.10. The van der Waals surface area contributed by atoms with Gasteiger partial charge in [0.25, 0.3) is 5.91 Å². The maximum Gasteiger partial charge on any atom is 0.257 e. The van der Waals surface area contributed by atoms with Crippen molar-refractivity contribution < 1.29 is 9.21 Å². The Labute approximate surface area is 114 Å². The highest BCUT2D eigenvalue weighted by molar-refractivity contribution is 5.95. The minimum absolute atomic E-state index is 0.0870. The minimum atomic E-state index is 0.0870. The molecule has 1 amide bonds. The number of nitrogens with zero attached hydrogens (tertiary/aromatic N) is 2. The van der Waals surface area contributed by atoms with Crippen LogP contribution in [0.3, 0.4) is 0 Å². The molecule has 2 N–H and O–H groups in total. The Morgan fingerprint density at radius 1 is 1.32 bits per heavy atom. The van der Waals surface area contributed by atoms with E-state index in [4.69, 9.17) is 10.2 Å². The van der Waals surface area contributed by atoms with Gasteiger partial charge in [0.2, 0.25) is 0 Å². The molecular weight excluding hydrogens is 242 g/mol. The van der Waals surface area contributed by atoms with Gasteiger partial charge in [0.1, 0.15) is 11.5 Å². The van der Waals surface area contributed by atoms with Crippen LogP contribution in [0.5, 0.6) is 0 Å². The first-order valence-electron chi connectivity index (χ1n) is 6.90. The van der Waals surface area contributed by atoms with Gasteiger partial charge in [-0.05, 0) is 32.9 Å². The first-order valence-corrected chi connectivity index (χ1v) is 6.90. The van der Waals surface area contributed by atoms with E-state index in [1.54, 1.807) is 0 Å². The van der Waals surface area contributed by atoms with Gasteiger partial charge in [-0.2, -0.15) is 0 Å². The van der Waals surface area contributed by atoms with E-state index in [2.05, 4.69) is 4.90 Å². The lowest BCUT2D eigenvalue weighted by molar-refractivity contribution is 0.0760. The van der Waals surface area contributed by atoms with Crippen molar-refractivity contribution in [3.05, 3.63) is 23.2 Å². The molecule has 0 spiro atoms. The molecule has 0 saturated carbocycles. The quantitative estimate of drug-likeness (QED) is 0.885. The molecule has 0 aromatic carbocycles. The van der Waals surface area contributed by atoms with Crippen LogP contribution in [0.2, 0.25) is 0 Å². The van der Waals surface area contributed by atoms with E-state index < -0.39 is 0 Å². The highest BCUT2D eigenvalue weighted by atomic mass is 16.3. The van der Waals surface area contributed by atoms with Crippen LogP contribution in [0.4, 0.5) is 0 Å². The molecule has 0 unspecified atom stereocenters. The zero-order chi connectivity index (χ0) is 13.8. The second-order valence-corrected chi connectivity index (χ2v) is 5.10. The first-order chi connectivity index (χ1) is 9.11. The van der Waals surface area contributed by atoms with E-state index >= 15 is 0 Å². The molecule has 1 saturated heterocycles. The van der Waals surface area contributed by atoms with Crippen molar-refractivity contribution in [3.63, 3.8) is 0 Å². The summed E-state index contributed by atoms with van der Waals surface area (Å²) in [4.78, 5) is 16.7. The summed E-state index contributed by atoms with van der Waals surface area (Å²) in [6.45, 7) is 8.79. The van der Waals surface area contributed by atoms with Crippen LogP contribution in [0.1, 0.15) is 28.3 Å². The van der Waals surface area contributed by atoms with Crippen LogP contribution in [0.15, 0.2) is 10.5 Å². The molecule has 5 heteroatoms. The van der Waals surface area contributed by atoms with Crippen molar-refractivity contribution in [1.29, 1.82) is 0 Å². The van der Waals surface area contributed by atoms with Gasteiger partial charge in [-0.3, -0.25) is 4.79 Å². The average Bonchev–Trinajstić information content (AvgIpc) is 2.59. The van der Waals surface area contributed by atoms with Crippen LogP contribution in [0.25, 0.3) is 0 Å². The maximum atomic E-state index is 12.5. The van der Waals surface area contributed by atoms with Gasteiger partial charge >= 0.3 is 0 Å². The van der Waals surface area contributed by atoms with Crippen molar-refractivity contribution in [3.8, 4) is 0 Å². The molecule has 1 aliphatic heterocycles. The zero-order valence-electron chi connectivity index (χ0n) is 11.8. The lowest BCUT2D eigenvalue weighted by atomic mass is 10.2. The third kappa shape index (κ3) is 3.36. The Morgan fingerprint density at radius 3 is 2.74 bits per heavy atom. The first kappa shape index (κ1) is 14.1. The van der Waals surface area contributed by atoms with Crippen molar-refractivity contribution in [2.75, 3.05) is 39.3 Å². The van der Waals surface area contributed by atoms with E-state index in [1.165, 1.54) is 0 Å². The maximum absolute atomic E-state index is 12.5. The van der Waals surface area contributed by atoms with Crippen LogP contribution in [0, 0.1) is 13.8 Å². The van der Waals surface area contributed by atoms with Gasteiger partial charge in [-0.1, -0.05) is 0 Å². The van der Waals surface area contributed by atoms with Gasteiger partial charge in [0.15, 0.2) is 0 Å². The zero-order valence-corrected chi connectivity index (χ0v) is 11.8. The van der Waals surface area contributed by atoms with E-state index in [0.717, 1.165) is 44.9 Å². The number of rotatable bonds is 3. The van der Waals surface area contributed by atoms with Gasteiger partial charge in [0, 0.05) is 32.7 Å². The van der Waals surface area contributed by atoms with Crippen molar-refractivity contribution >= 4 is 5.91 Å². The number of carbonyl (C=O) groups excluding carboxylic acids is 1. The number of hydrogen-bond acceptors (Lipinski definition) is 4. The smallest absolute Gasteiger partial charge is 0.257 e. The van der Waals surface area contributed by atoms with Crippen molar-refractivity contribution in [2.45, 2.75) is 20.3 Å². The Kier molecular flexibility index (Phi) is 4.61. The Bertz CT molecular complexity index is 442. The van der Waals surface area contributed by atoms with E-state index in [9.17, 15) is 4.79 Å². The SMILES string of the molecule is Cc1cc(C(=O)N2CCCN(CCN)CC2)c(C)o1. The lowest BCUT2D eigenvalue weighted by Crippen LogP contribution is -2.36. The third-order valence-corrected chi connectivity index (χ3v) is 3.59. The lowest BCUT2D eigenvalue weighted by Gasteiger charge is -2.21. The monoisotopic (exact) mass is 265 g/mol. The molecule has 5 nitrogen and oxygen atoms in total. The fraction of sp³-hybridized carbons (Fsp3) is 0.643. The fourth-order valence-electron chi connectivity index (χ4n) is 2.59. The number of aryl methyl sites for hydroxylation is 2. The molecule has 1 aromatic rings. The largest absolute Gasteiger partial charge is 0.466 e. The van der Waals surface area contributed by atoms with Crippen LogP contribution >= 0.6 is 0 Å². The van der Waals surface area contributed by atoms with E-state index in [-0.39, 0.29) is 5.91 Å². The summed E-state index contributed by atoms with van der Waals surface area (Å²) in [5.41, 5.74) is 6.28. The number of nitrogens with two attached hydrogens (primary N) is 1. The van der Waals surface area contributed by atoms with Crippen LogP contribution in [-0.4, -0.2) is 55.0 Å². The number of hydrogen-bond donors (Lipinski definition) is 1. The summed E-state index contributed by atoms with van der Waals surface area (Å²) in [7, 11) is 0. The third-order valence-electron chi connectivity index (χ3n) is 3.59. The Hall–Kier alpha value is -1.33. The standard InChI is InChI=1S/C14H23N3O2/c1-11-10-13(12(2)19-11)14(18)17-6-3-5-16(7-4-15)8-9-17/h10H,3-9,15H2,1-2H3. The molecule has 0 radical (unpaired) electrons. The molecular formula is C14H23N3O2. The van der Waals surface area contributed by atoms with Gasteiger partial charge in [-0.25, -0.2) is 0 Å². The fourth-order valence-corrected chi connectivity index (χ4v) is 2.59. The van der Waals surface area contributed by atoms with Gasteiger partial charge < -0.3 is 20.0 Å². The van der Waals surface area contributed by atoms with Crippen LogP contribution in [-0.2, 0) is 0 Å².